The van der Waals surface area contributed by atoms with Crippen molar-refractivity contribution >= 4 is 11.8 Å². The lowest BCUT2D eigenvalue weighted by Crippen LogP contribution is -2.58. The van der Waals surface area contributed by atoms with Crippen molar-refractivity contribution in [3.8, 4) is 5.75 Å². The van der Waals surface area contributed by atoms with Crippen LogP contribution in [0.1, 0.15) is 40.2 Å². The summed E-state index contributed by atoms with van der Waals surface area (Å²) < 4.78 is 5.19. The van der Waals surface area contributed by atoms with Crippen LogP contribution in [0.2, 0.25) is 0 Å². The zero-order chi connectivity index (χ0) is 24.3. The highest BCUT2D eigenvalue weighted by atomic mass is 16.5. The van der Waals surface area contributed by atoms with Gasteiger partial charge in [-0.05, 0) is 42.7 Å². The van der Waals surface area contributed by atoms with Crippen LogP contribution in [-0.4, -0.2) is 59.5 Å². The quantitative estimate of drug-likeness (QED) is 0.511. The van der Waals surface area contributed by atoms with E-state index in [1.165, 1.54) is 5.69 Å². The molecule has 1 spiro atoms. The number of nitrogens with zero attached hydrogens (tertiary/aromatic N) is 2. The van der Waals surface area contributed by atoms with Gasteiger partial charge >= 0.3 is 0 Å². The van der Waals surface area contributed by atoms with E-state index < -0.39 is 6.04 Å². The molecule has 1 saturated heterocycles. The summed E-state index contributed by atoms with van der Waals surface area (Å²) in [6.07, 6.45) is 4.73. The first-order valence-electron chi connectivity index (χ1n) is 12.1. The number of carbonyl (C=O) groups excluding carboxylic acids is 2. The molecule has 8 nitrogen and oxygen atoms in total. The topological polar surface area (TPSA) is 99.4 Å². The molecule has 3 heterocycles. The smallest absolute Gasteiger partial charge is 0.251 e. The van der Waals surface area contributed by atoms with Crippen LogP contribution in [0.5, 0.6) is 5.75 Å². The summed E-state index contributed by atoms with van der Waals surface area (Å²) in [5.74, 6) is 0.353. The number of piperidine rings is 1. The Bertz CT molecular complexity index is 1170. The number of methoxy groups -OCH3 is 1. The first kappa shape index (κ1) is 23.1. The lowest BCUT2D eigenvalue weighted by Gasteiger charge is -2.44. The molecule has 3 aromatic rings. The Hall–Kier alpha value is -3.65. The molecule has 1 aromatic heterocycles. The van der Waals surface area contributed by atoms with Gasteiger partial charge in [-0.1, -0.05) is 30.3 Å². The maximum atomic E-state index is 13.7. The largest absolute Gasteiger partial charge is 0.497 e. The number of fused-ring (bicyclic) bond motifs is 2. The molecule has 8 heteroatoms. The normalized spacial score (nSPS) is 17.5. The summed E-state index contributed by atoms with van der Waals surface area (Å²) in [6.45, 7) is 2.13. The zero-order valence-corrected chi connectivity index (χ0v) is 19.9. The second-order valence-corrected chi connectivity index (χ2v) is 9.26. The fourth-order valence-electron chi connectivity index (χ4n) is 5.21. The van der Waals surface area contributed by atoms with Crippen LogP contribution in [0.4, 0.5) is 0 Å². The highest BCUT2D eigenvalue weighted by Gasteiger charge is 2.42. The number of amides is 2. The number of benzene rings is 2. The van der Waals surface area contributed by atoms with Crippen molar-refractivity contribution in [2.45, 2.75) is 37.3 Å². The third-order valence-electron chi connectivity index (χ3n) is 7.18. The molecule has 0 bridgehead atoms. The number of rotatable bonds is 6. The Morgan fingerprint density at radius 3 is 2.57 bits per heavy atom. The van der Waals surface area contributed by atoms with Crippen LogP contribution in [0.25, 0.3) is 0 Å². The summed E-state index contributed by atoms with van der Waals surface area (Å²) in [7, 11) is 1.59. The standard InChI is InChI=1S/C27H31N5O3/c1-35-21-9-7-20(8-10-21)25(33)31-23(17-19-5-3-2-4-6-19)26(34)32-15-12-27(13-16-32)24-22(11-14-30-27)28-18-29-24/h2-10,18,23,30H,11-17H2,1H3,(H,28,29)(H,31,33)/t23-/m0/s1. The maximum Gasteiger partial charge on any atom is 0.251 e. The second kappa shape index (κ2) is 9.92. The van der Waals surface area contributed by atoms with E-state index >= 15 is 0 Å². The number of hydrogen-bond donors (Lipinski definition) is 3. The van der Waals surface area contributed by atoms with Gasteiger partial charge in [-0.25, -0.2) is 4.98 Å². The van der Waals surface area contributed by atoms with E-state index in [4.69, 9.17) is 4.74 Å². The van der Waals surface area contributed by atoms with E-state index in [0.29, 0.717) is 30.8 Å². The van der Waals surface area contributed by atoms with Gasteiger partial charge in [0.05, 0.1) is 24.7 Å². The van der Waals surface area contributed by atoms with E-state index in [-0.39, 0.29) is 17.4 Å². The van der Waals surface area contributed by atoms with E-state index in [9.17, 15) is 9.59 Å². The van der Waals surface area contributed by atoms with Crippen LogP contribution in [0.15, 0.2) is 60.9 Å². The fraction of sp³-hybridized carbons (Fsp3) is 0.370. The number of carbonyl (C=O) groups is 2. The lowest BCUT2D eigenvalue weighted by molar-refractivity contribution is -0.135. The second-order valence-electron chi connectivity index (χ2n) is 9.26. The van der Waals surface area contributed by atoms with Gasteiger partial charge < -0.3 is 25.3 Å². The third kappa shape index (κ3) is 4.79. The van der Waals surface area contributed by atoms with Gasteiger partial charge in [0.1, 0.15) is 11.8 Å². The minimum Gasteiger partial charge on any atom is -0.497 e. The number of H-pyrrole nitrogens is 1. The summed E-state index contributed by atoms with van der Waals surface area (Å²) in [6, 6.07) is 16.1. The average molecular weight is 474 g/mol. The molecular weight excluding hydrogens is 442 g/mol. The number of hydrogen-bond acceptors (Lipinski definition) is 5. The van der Waals surface area contributed by atoms with Crippen LogP contribution in [0.3, 0.4) is 0 Å². The number of ether oxygens (including phenoxy) is 1. The predicted octanol–water partition coefficient (Wildman–Crippen LogP) is 2.42. The molecule has 1 fully saturated rings. The third-order valence-corrected chi connectivity index (χ3v) is 7.18. The minimum atomic E-state index is -0.652. The molecule has 2 aromatic carbocycles. The fourth-order valence-corrected chi connectivity index (χ4v) is 5.21. The zero-order valence-electron chi connectivity index (χ0n) is 19.9. The molecule has 2 aliphatic rings. The summed E-state index contributed by atoms with van der Waals surface area (Å²) >= 11 is 0. The highest BCUT2D eigenvalue weighted by Crippen LogP contribution is 2.36. The molecule has 1 atom stereocenters. The molecule has 0 aliphatic carbocycles. The number of aromatic nitrogens is 2. The molecule has 182 valence electrons. The predicted molar refractivity (Wildman–Crippen MR) is 132 cm³/mol. The molecule has 3 N–H and O–H groups in total. The van der Waals surface area contributed by atoms with Gasteiger partial charge in [-0.2, -0.15) is 0 Å². The number of aromatic amines is 1. The molecule has 35 heavy (non-hydrogen) atoms. The van der Waals surface area contributed by atoms with Crippen molar-refractivity contribution in [2.24, 2.45) is 0 Å². The first-order valence-corrected chi connectivity index (χ1v) is 12.1. The Kier molecular flexibility index (Phi) is 6.55. The van der Waals surface area contributed by atoms with Gasteiger partial charge in [-0.15, -0.1) is 0 Å². The molecule has 5 rings (SSSR count). The number of imidazole rings is 1. The first-order chi connectivity index (χ1) is 17.1. The molecule has 0 unspecified atom stereocenters. The average Bonchev–Trinajstić information content (AvgIpc) is 3.40. The number of nitrogens with one attached hydrogen (secondary N) is 3. The van der Waals surface area contributed by atoms with Crippen molar-refractivity contribution in [3.05, 3.63) is 83.4 Å². The van der Waals surface area contributed by atoms with Crippen molar-refractivity contribution in [1.82, 2.24) is 25.5 Å². The maximum absolute atomic E-state index is 13.7. The Morgan fingerprint density at radius 2 is 1.86 bits per heavy atom. The monoisotopic (exact) mass is 473 g/mol. The minimum absolute atomic E-state index is 0.0522. The Balaban J connectivity index is 1.31. The Morgan fingerprint density at radius 1 is 1.11 bits per heavy atom. The van der Waals surface area contributed by atoms with Crippen molar-refractivity contribution in [3.63, 3.8) is 0 Å². The van der Waals surface area contributed by atoms with Crippen molar-refractivity contribution < 1.29 is 14.3 Å². The summed E-state index contributed by atoms with van der Waals surface area (Å²) in [5, 5.41) is 6.66. The van der Waals surface area contributed by atoms with E-state index in [0.717, 1.165) is 37.1 Å². The SMILES string of the molecule is COc1ccc(C(=O)N[C@@H](Cc2ccccc2)C(=O)N2CCC3(CC2)NCCc2[nH]cnc23)cc1. The molecule has 2 aliphatic heterocycles. The van der Waals surface area contributed by atoms with Gasteiger partial charge in [0.2, 0.25) is 5.91 Å². The summed E-state index contributed by atoms with van der Waals surface area (Å²) in [5.41, 5.74) is 3.59. The van der Waals surface area contributed by atoms with Crippen molar-refractivity contribution in [1.29, 1.82) is 0 Å². The lowest BCUT2D eigenvalue weighted by atomic mass is 9.80. The van der Waals surface area contributed by atoms with Crippen LogP contribution < -0.4 is 15.4 Å². The van der Waals surface area contributed by atoms with Crippen molar-refractivity contribution in [2.75, 3.05) is 26.7 Å². The van der Waals surface area contributed by atoms with Gasteiger partial charge in [-0.3, -0.25) is 9.59 Å². The molecule has 0 radical (unpaired) electrons. The van der Waals surface area contributed by atoms with Crippen LogP contribution in [-0.2, 0) is 23.2 Å². The van der Waals surface area contributed by atoms with Crippen LogP contribution in [0, 0.1) is 0 Å². The number of likely N-dealkylation sites (tertiary alicyclic amines) is 1. The Labute approximate surface area is 205 Å². The molecular formula is C27H31N5O3. The van der Waals surface area contributed by atoms with E-state index in [1.807, 2.05) is 35.2 Å². The summed E-state index contributed by atoms with van der Waals surface area (Å²) in [4.78, 5) is 36.5. The van der Waals surface area contributed by atoms with Gasteiger partial charge in [0, 0.05) is 43.7 Å². The van der Waals surface area contributed by atoms with Crippen LogP contribution >= 0.6 is 0 Å². The molecule has 2 amide bonds. The van der Waals surface area contributed by atoms with Gasteiger partial charge in [0.15, 0.2) is 0 Å². The highest BCUT2D eigenvalue weighted by molar-refractivity contribution is 5.97. The molecule has 0 saturated carbocycles. The van der Waals surface area contributed by atoms with E-state index in [1.54, 1.807) is 37.7 Å². The van der Waals surface area contributed by atoms with Gasteiger partial charge in [0.25, 0.3) is 5.91 Å². The van der Waals surface area contributed by atoms with E-state index in [2.05, 4.69) is 20.6 Å².